The van der Waals surface area contributed by atoms with Crippen molar-refractivity contribution in [1.82, 2.24) is 5.32 Å². The van der Waals surface area contributed by atoms with Crippen molar-refractivity contribution in [1.29, 1.82) is 0 Å². The number of rotatable bonds is 8. The molecular weight excluding hydrogens is 262 g/mol. The number of aryl methyl sites for hydroxylation is 1. The van der Waals surface area contributed by atoms with E-state index in [1.807, 2.05) is 11.3 Å². The zero-order chi connectivity index (χ0) is 13.8. The SMILES string of the molecule is CCCNC(CCCc1csc2ccccc12)C1CC1. The summed E-state index contributed by atoms with van der Waals surface area (Å²) in [6.45, 7) is 3.44. The lowest BCUT2D eigenvalue weighted by atomic mass is 10.0. The number of fused-ring (bicyclic) bond motifs is 1. The van der Waals surface area contributed by atoms with Gasteiger partial charge >= 0.3 is 0 Å². The van der Waals surface area contributed by atoms with Gasteiger partial charge in [-0.2, -0.15) is 0 Å². The minimum absolute atomic E-state index is 0.778. The van der Waals surface area contributed by atoms with E-state index in [2.05, 4.69) is 41.9 Å². The van der Waals surface area contributed by atoms with Gasteiger partial charge in [-0.15, -0.1) is 11.3 Å². The van der Waals surface area contributed by atoms with Gasteiger partial charge in [-0.05, 0) is 73.4 Å². The first-order valence-electron chi connectivity index (χ1n) is 8.07. The van der Waals surface area contributed by atoms with Crippen molar-refractivity contribution in [3.8, 4) is 0 Å². The molecule has 1 N–H and O–H groups in total. The Bertz CT molecular complexity index is 541. The maximum atomic E-state index is 3.75. The summed E-state index contributed by atoms with van der Waals surface area (Å²) in [5, 5.41) is 7.58. The molecular formula is C18H25NS. The van der Waals surface area contributed by atoms with Gasteiger partial charge in [-0.3, -0.25) is 0 Å². The molecule has 1 unspecified atom stereocenters. The van der Waals surface area contributed by atoms with E-state index in [4.69, 9.17) is 0 Å². The molecule has 1 saturated carbocycles. The van der Waals surface area contributed by atoms with Gasteiger partial charge in [0.1, 0.15) is 0 Å². The van der Waals surface area contributed by atoms with E-state index in [1.165, 1.54) is 55.2 Å². The highest BCUT2D eigenvalue weighted by atomic mass is 32.1. The van der Waals surface area contributed by atoms with Crippen LogP contribution in [-0.4, -0.2) is 12.6 Å². The van der Waals surface area contributed by atoms with Gasteiger partial charge in [-0.25, -0.2) is 0 Å². The van der Waals surface area contributed by atoms with Crippen LogP contribution in [-0.2, 0) is 6.42 Å². The average molecular weight is 287 g/mol. The number of nitrogens with one attached hydrogen (secondary N) is 1. The van der Waals surface area contributed by atoms with E-state index >= 15 is 0 Å². The number of hydrogen-bond donors (Lipinski definition) is 1. The summed E-state index contributed by atoms with van der Waals surface area (Å²) in [4.78, 5) is 0. The van der Waals surface area contributed by atoms with Crippen molar-refractivity contribution in [2.75, 3.05) is 6.54 Å². The van der Waals surface area contributed by atoms with Gasteiger partial charge < -0.3 is 5.32 Å². The molecule has 20 heavy (non-hydrogen) atoms. The molecule has 0 radical (unpaired) electrons. The highest BCUT2D eigenvalue weighted by molar-refractivity contribution is 7.17. The summed E-state index contributed by atoms with van der Waals surface area (Å²) in [5.41, 5.74) is 1.55. The van der Waals surface area contributed by atoms with Crippen LogP contribution in [0.3, 0.4) is 0 Å². The summed E-state index contributed by atoms with van der Waals surface area (Å²) in [7, 11) is 0. The Balaban J connectivity index is 1.53. The zero-order valence-corrected chi connectivity index (χ0v) is 13.2. The fourth-order valence-corrected chi connectivity index (χ4v) is 4.07. The molecule has 0 spiro atoms. The first kappa shape index (κ1) is 14.1. The van der Waals surface area contributed by atoms with Crippen molar-refractivity contribution < 1.29 is 0 Å². The quantitative estimate of drug-likeness (QED) is 0.720. The normalized spacial score (nSPS) is 16.6. The molecule has 1 nitrogen and oxygen atoms in total. The molecule has 2 heteroatoms. The second-order valence-corrected chi connectivity index (χ2v) is 6.96. The molecule has 2 aromatic rings. The predicted molar refractivity (Wildman–Crippen MR) is 89.6 cm³/mol. The minimum Gasteiger partial charge on any atom is -0.314 e. The van der Waals surface area contributed by atoms with E-state index < -0.39 is 0 Å². The Hall–Kier alpha value is -0.860. The predicted octanol–water partition coefficient (Wildman–Crippen LogP) is 5.00. The van der Waals surface area contributed by atoms with Crippen molar-refractivity contribution >= 4 is 21.4 Å². The Morgan fingerprint density at radius 2 is 2.15 bits per heavy atom. The Kier molecular flexibility index (Phi) is 4.74. The molecule has 0 amide bonds. The molecule has 1 aliphatic rings. The van der Waals surface area contributed by atoms with Crippen LogP contribution in [0, 0.1) is 5.92 Å². The first-order valence-corrected chi connectivity index (χ1v) is 8.95. The average Bonchev–Trinajstić information content (AvgIpc) is 3.24. The lowest BCUT2D eigenvalue weighted by molar-refractivity contribution is 0.425. The monoisotopic (exact) mass is 287 g/mol. The molecule has 3 rings (SSSR count). The van der Waals surface area contributed by atoms with Crippen LogP contribution in [0.4, 0.5) is 0 Å². The Labute approximate surface area is 126 Å². The van der Waals surface area contributed by atoms with Crippen LogP contribution in [0.2, 0.25) is 0 Å². The summed E-state index contributed by atoms with van der Waals surface area (Å²) in [5.74, 6) is 0.973. The summed E-state index contributed by atoms with van der Waals surface area (Å²) >= 11 is 1.89. The largest absolute Gasteiger partial charge is 0.314 e. The second kappa shape index (κ2) is 6.73. The molecule has 1 aromatic carbocycles. The Morgan fingerprint density at radius 3 is 2.95 bits per heavy atom. The van der Waals surface area contributed by atoms with E-state index in [0.29, 0.717) is 0 Å². The number of benzene rings is 1. The van der Waals surface area contributed by atoms with E-state index in [-0.39, 0.29) is 0 Å². The maximum Gasteiger partial charge on any atom is 0.0345 e. The van der Waals surface area contributed by atoms with Gasteiger partial charge in [0.2, 0.25) is 0 Å². The van der Waals surface area contributed by atoms with Gasteiger partial charge in [-0.1, -0.05) is 25.1 Å². The fraction of sp³-hybridized carbons (Fsp3) is 0.556. The molecule has 1 atom stereocenters. The van der Waals surface area contributed by atoms with Crippen molar-refractivity contribution in [3.63, 3.8) is 0 Å². The topological polar surface area (TPSA) is 12.0 Å². The highest BCUT2D eigenvalue weighted by Gasteiger charge is 2.30. The van der Waals surface area contributed by atoms with Gasteiger partial charge in [0.15, 0.2) is 0 Å². The van der Waals surface area contributed by atoms with E-state index in [9.17, 15) is 0 Å². The smallest absolute Gasteiger partial charge is 0.0345 e. The van der Waals surface area contributed by atoms with Crippen LogP contribution in [0.25, 0.3) is 10.1 Å². The van der Waals surface area contributed by atoms with E-state index in [1.54, 1.807) is 5.56 Å². The molecule has 108 valence electrons. The molecule has 0 bridgehead atoms. The number of thiophene rings is 1. The lowest BCUT2D eigenvalue weighted by Crippen LogP contribution is -2.31. The van der Waals surface area contributed by atoms with Crippen LogP contribution >= 0.6 is 11.3 Å². The third kappa shape index (κ3) is 3.42. The van der Waals surface area contributed by atoms with Gasteiger partial charge in [0.25, 0.3) is 0 Å². The molecule has 1 aliphatic carbocycles. The highest BCUT2D eigenvalue weighted by Crippen LogP contribution is 2.35. The Morgan fingerprint density at radius 1 is 1.30 bits per heavy atom. The van der Waals surface area contributed by atoms with Crippen LogP contribution in [0.15, 0.2) is 29.6 Å². The lowest BCUT2D eigenvalue weighted by Gasteiger charge is -2.17. The fourth-order valence-electron chi connectivity index (χ4n) is 3.07. The molecule has 1 aromatic heterocycles. The van der Waals surface area contributed by atoms with Crippen LogP contribution < -0.4 is 5.32 Å². The standard InChI is InChI=1S/C18H25NS/c1-2-12-19-17(14-10-11-14)8-5-6-15-13-20-18-9-4-3-7-16(15)18/h3-4,7,9,13-14,17,19H,2,5-6,8,10-12H2,1H3. The minimum atomic E-state index is 0.778. The third-order valence-electron chi connectivity index (χ3n) is 4.37. The number of hydrogen-bond acceptors (Lipinski definition) is 2. The van der Waals surface area contributed by atoms with E-state index in [0.717, 1.165) is 12.0 Å². The zero-order valence-electron chi connectivity index (χ0n) is 12.4. The third-order valence-corrected chi connectivity index (χ3v) is 5.38. The van der Waals surface area contributed by atoms with Crippen molar-refractivity contribution in [2.24, 2.45) is 5.92 Å². The first-order chi connectivity index (χ1) is 9.88. The second-order valence-electron chi connectivity index (χ2n) is 6.05. The van der Waals surface area contributed by atoms with Crippen molar-refractivity contribution in [3.05, 3.63) is 35.2 Å². The maximum absolute atomic E-state index is 3.75. The molecule has 0 aliphatic heterocycles. The summed E-state index contributed by atoms with van der Waals surface area (Å²) in [6.07, 6.45) is 8.04. The molecule has 1 heterocycles. The molecule has 1 fully saturated rings. The van der Waals surface area contributed by atoms with Crippen molar-refractivity contribution in [2.45, 2.75) is 51.5 Å². The summed E-state index contributed by atoms with van der Waals surface area (Å²) in [6, 6.07) is 9.59. The molecule has 0 saturated heterocycles. The van der Waals surface area contributed by atoms with Crippen LogP contribution in [0.5, 0.6) is 0 Å². The van der Waals surface area contributed by atoms with Gasteiger partial charge in [0, 0.05) is 10.7 Å². The van der Waals surface area contributed by atoms with Gasteiger partial charge in [0.05, 0.1) is 0 Å². The van der Waals surface area contributed by atoms with Crippen LogP contribution in [0.1, 0.15) is 44.6 Å². The summed E-state index contributed by atoms with van der Waals surface area (Å²) < 4.78 is 1.44.